The molecule has 0 aliphatic heterocycles. The van der Waals surface area contributed by atoms with Crippen LogP contribution in [0, 0.1) is 5.92 Å². The Balaban J connectivity index is 1.87. The molecule has 0 bridgehead atoms. The number of ketones is 2. The first-order chi connectivity index (χ1) is 9.58. The number of aromatic amines is 1. The molecule has 0 spiro atoms. The average molecular weight is 292 g/mol. The van der Waals surface area contributed by atoms with E-state index in [9.17, 15) is 14.4 Å². The van der Waals surface area contributed by atoms with Gasteiger partial charge in [-0.1, -0.05) is 6.42 Å². The highest BCUT2D eigenvalue weighted by Gasteiger charge is 2.34. The number of allylic oxidation sites excluding steroid dienone is 2. The van der Waals surface area contributed by atoms with Crippen molar-refractivity contribution in [3.05, 3.63) is 27.9 Å². The number of carbonyl (C=O) groups excluding carboxylic acids is 2. The van der Waals surface area contributed by atoms with E-state index in [2.05, 4.69) is 10.2 Å². The molecule has 104 valence electrons. The van der Waals surface area contributed by atoms with Gasteiger partial charge in [0, 0.05) is 11.8 Å². The van der Waals surface area contributed by atoms with E-state index in [0.717, 1.165) is 18.6 Å². The molecule has 0 atom stereocenters. The standard InChI is InChI=1S/C13H12N2O4S/c16-7-4-8(20-5-6-2-1-3-6)12(17)9-10(7)14-15-11(9)13(18)19/h4,6H,1-3,5H2,(H,14,15)(H,18,19). The van der Waals surface area contributed by atoms with E-state index in [1.54, 1.807) is 0 Å². The molecule has 2 aliphatic rings. The maximum atomic E-state index is 12.3. The van der Waals surface area contributed by atoms with Gasteiger partial charge in [0.15, 0.2) is 5.69 Å². The Morgan fingerprint density at radius 1 is 1.45 bits per heavy atom. The van der Waals surface area contributed by atoms with Crippen LogP contribution >= 0.6 is 11.8 Å². The molecule has 2 aliphatic carbocycles. The third-order valence-corrected chi connectivity index (χ3v) is 4.88. The number of rotatable bonds is 4. The molecule has 0 aromatic carbocycles. The van der Waals surface area contributed by atoms with Crippen molar-refractivity contribution in [2.75, 3.05) is 5.75 Å². The van der Waals surface area contributed by atoms with E-state index in [0.29, 0.717) is 10.8 Å². The Morgan fingerprint density at radius 2 is 2.20 bits per heavy atom. The number of Topliss-reactive ketones (excluding diaryl/α,β-unsaturated/α-hetero) is 1. The highest BCUT2D eigenvalue weighted by molar-refractivity contribution is 8.04. The van der Waals surface area contributed by atoms with Crippen LogP contribution in [0.15, 0.2) is 11.0 Å². The summed E-state index contributed by atoms with van der Waals surface area (Å²) in [7, 11) is 0. The maximum absolute atomic E-state index is 12.3. The van der Waals surface area contributed by atoms with E-state index in [1.807, 2.05) is 0 Å². The van der Waals surface area contributed by atoms with Gasteiger partial charge in [-0.05, 0) is 18.8 Å². The zero-order valence-electron chi connectivity index (χ0n) is 10.5. The van der Waals surface area contributed by atoms with Crippen molar-refractivity contribution in [2.45, 2.75) is 19.3 Å². The van der Waals surface area contributed by atoms with Crippen LogP contribution in [0.25, 0.3) is 0 Å². The molecule has 6 nitrogen and oxygen atoms in total. The van der Waals surface area contributed by atoms with Crippen LogP contribution in [0.4, 0.5) is 0 Å². The largest absolute Gasteiger partial charge is 0.477 e. The first kappa shape index (κ1) is 13.1. The molecule has 2 N–H and O–H groups in total. The lowest BCUT2D eigenvalue weighted by atomic mass is 9.87. The molecule has 20 heavy (non-hydrogen) atoms. The number of H-pyrrole nitrogens is 1. The highest BCUT2D eigenvalue weighted by Crippen LogP contribution is 2.35. The molecule has 1 aromatic heterocycles. The predicted octanol–water partition coefficient (Wildman–Crippen LogP) is 1.90. The number of aromatic carboxylic acids is 1. The van der Waals surface area contributed by atoms with Crippen LogP contribution in [-0.2, 0) is 0 Å². The summed E-state index contributed by atoms with van der Waals surface area (Å²) >= 11 is 1.34. The van der Waals surface area contributed by atoms with Gasteiger partial charge >= 0.3 is 5.97 Å². The van der Waals surface area contributed by atoms with Gasteiger partial charge in [-0.25, -0.2) is 4.79 Å². The summed E-state index contributed by atoms with van der Waals surface area (Å²) in [5.41, 5.74) is -0.519. The minimum atomic E-state index is -1.29. The van der Waals surface area contributed by atoms with E-state index in [1.165, 1.54) is 24.3 Å². The lowest BCUT2D eigenvalue weighted by molar-refractivity contribution is 0.0686. The first-order valence-electron chi connectivity index (χ1n) is 6.33. The van der Waals surface area contributed by atoms with Crippen molar-refractivity contribution in [1.82, 2.24) is 10.2 Å². The number of nitrogens with zero attached hydrogens (tertiary/aromatic N) is 1. The van der Waals surface area contributed by atoms with Gasteiger partial charge in [-0.3, -0.25) is 14.7 Å². The predicted molar refractivity (Wildman–Crippen MR) is 72.1 cm³/mol. The van der Waals surface area contributed by atoms with Crippen LogP contribution in [-0.4, -0.2) is 38.6 Å². The number of nitrogens with one attached hydrogen (secondary N) is 1. The topological polar surface area (TPSA) is 100 Å². The van der Waals surface area contributed by atoms with Crippen molar-refractivity contribution in [1.29, 1.82) is 0 Å². The summed E-state index contributed by atoms with van der Waals surface area (Å²) in [5.74, 6) is -0.742. The molecular formula is C13H12N2O4S. The number of hydrogen-bond donors (Lipinski definition) is 2. The summed E-state index contributed by atoms with van der Waals surface area (Å²) in [4.78, 5) is 35.6. The third kappa shape index (κ3) is 2.07. The normalized spacial score (nSPS) is 18.5. The van der Waals surface area contributed by atoms with Gasteiger partial charge in [0.05, 0.1) is 10.5 Å². The Hall–Kier alpha value is -1.89. The number of carbonyl (C=O) groups is 3. The van der Waals surface area contributed by atoms with Crippen molar-refractivity contribution in [2.24, 2.45) is 5.92 Å². The summed E-state index contributed by atoms with van der Waals surface area (Å²) < 4.78 is 0. The minimum absolute atomic E-state index is 0.0969. The minimum Gasteiger partial charge on any atom is -0.477 e. The molecule has 1 saturated carbocycles. The summed E-state index contributed by atoms with van der Waals surface area (Å²) in [6, 6.07) is 0. The van der Waals surface area contributed by atoms with E-state index in [4.69, 9.17) is 5.11 Å². The van der Waals surface area contributed by atoms with Crippen LogP contribution < -0.4 is 0 Å². The Bertz CT molecular complexity index is 643. The number of carboxylic acids is 1. The second-order valence-corrected chi connectivity index (χ2v) is 6.00. The number of aromatic nitrogens is 2. The second kappa shape index (κ2) is 4.90. The quantitative estimate of drug-likeness (QED) is 0.879. The van der Waals surface area contributed by atoms with Crippen LogP contribution in [0.5, 0.6) is 0 Å². The van der Waals surface area contributed by atoms with E-state index >= 15 is 0 Å². The van der Waals surface area contributed by atoms with Gasteiger partial charge in [0.1, 0.15) is 5.69 Å². The van der Waals surface area contributed by atoms with Crippen LogP contribution in [0.3, 0.4) is 0 Å². The van der Waals surface area contributed by atoms with Gasteiger partial charge in [-0.15, -0.1) is 11.8 Å². The number of thioether (sulfide) groups is 1. The summed E-state index contributed by atoms with van der Waals surface area (Å²) in [6.07, 6.45) is 4.78. The fourth-order valence-electron chi connectivity index (χ4n) is 2.25. The third-order valence-electron chi connectivity index (χ3n) is 3.63. The molecule has 1 fully saturated rings. The summed E-state index contributed by atoms with van der Waals surface area (Å²) in [6.45, 7) is 0. The monoisotopic (exact) mass is 292 g/mol. The average Bonchev–Trinajstić information content (AvgIpc) is 2.78. The Kier molecular flexibility index (Phi) is 3.21. The SMILES string of the molecule is O=C1C=C(SCC2CCC2)C(=O)c2c1n[nH]c2C(=O)O. The fraction of sp³-hybridized carbons (Fsp3) is 0.385. The fourth-order valence-corrected chi connectivity index (χ4v) is 3.42. The van der Waals surface area contributed by atoms with Gasteiger partial charge < -0.3 is 5.11 Å². The molecule has 0 unspecified atom stereocenters. The zero-order valence-corrected chi connectivity index (χ0v) is 11.3. The van der Waals surface area contributed by atoms with Crippen molar-refractivity contribution in [3.63, 3.8) is 0 Å². The van der Waals surface area contributed by atoms with Gasteiger partial charge in [-0.2, -0.15) is 5.10 Å². The molecule has 3 rings (SSSR count). The lowest BCUT2D eigenvalue weighted by Gasteiger charge is -2.25. The van der Waals surface area contributed by atoms with Crippen molar-refractivity contribution >= 4 is 29.3 Å². The Labute approximate surface area is 118 Å². The number of carboxylic acid groups (broad SMARTS) is 1. The van der Waals surface area contributed by atoms with E-state index in [-0.39, 0.29) is 17.0 Å². The van der Waals surface area contributed by atoms with Crippen molar-refractivity contribution < 1.29 is 19.5 Å². The molecule has 7 heteroatoms. The molecule has 1 heterocycles. The highest BCUT2D eigenvalue weighted by atomic mass is 32.2. The van der Waals surface area contributed by atoms with Crippen LogP contribution in [0.2, 0.25) is 0 Å². The molecule has 1 aromatic rings. The molecule has 0 saturated heterocycles. The second-order valence-electron chi connectivity index (χ2n) is 4.94. The van der Waals surface area contributed by atoms with Gasteiger partial charge in [0.2, 0.25) is 11.6 Å². The van der Waals surface area contributed by atoms with E-state index < -0.39 is 17.5 Å². The maximum Gasteiger partial charge on any atom is 0.354 e. The molecular weight excluding hydrogens is 280 g/mol. The molecule has 0 radical (unpaired) electrons. The number of hydrogen-bond acceptors (Lipinski definition) is 5. The number of fused-ring (bicyclic) bond motifs is 1. The first-order valence-corrected chi connectivity index (χ1v) is 7.31. The smallest absolute Gasteiger partial charge is 0.354 e. The zero-order chi connectivity index (χ0) is 14.3. The lowest BCUT2D eigenvalue weighted by Crippen LogP contribution is -2.19. The van der Waals surface area contributed by atoms with Crippen molar-refractivity contribution in [3.8, 4) is 0 Å². The Morgan fingerprint density at radius 3 is 2.80 bits per heavy atom. The van der Waals surface area contributed by atoms with Gasteiger partial charge in [0.25, 0.3) is 0 Å². The molecule has 0 amide bonds. The summed E-state index contributed by atoms with van der Waals surface area (Å²) in [5, 5.41) is 14.9. The van der Waals surface area contributed by atoms with Crippen LogP contribution in [0.1, 0.15) is 50.6 Å².